The van der Waals surface area contributed by atoms with Crippen molar-refractivity contribution in [3.63, 3.8) is 0 Å². The van der Waals surface area contributed by atoms with Gasteiger partial charge < -0.3 is 14.8 Å². The Labute approximate surface area is 129 Å². The van der Waals surface area contributed by atoms with E-state index in [9.17, 15) is 0 Å². The number of anilines is 1. The van der Waals surface area contributed by atoms with Crippen molar-refractivity contribution < 1.29 is 9.47 Å². The van der Waals surface area contributed by atoms with Crippen molar-refractivity contribution >= 4 is 5.69 Å². The van der Waals surface area contributed by atoms with Crippen molar-refractivity contribution in [1.82, 2.24) is 0 Å². The Morgan fingerprint density at radius 1 is 1.14 bits per heavy atom. The van der Waals surface area contributed by atoms with E-state index in [2.05, 4.69) is 38.2 Å². The maximum absolute atomic E-state index is 5.59. The molecule has 21 heavy (non-hydrogen) atoms. The number of nitrogens with one attached hydrogen (secondary N) is 1. The first-order valence-electron chi connectivity index (χ1n) is 7.97. The number of rotatable bonds is 6. The van der Waals surface area contributed by atoms with E-state index in [1.165, 1.54) is 24.9 Å². The van der Waals surface area contributed by atoms with E-state index in [0.29, 0.717) is 24.7 Å². The van der Waals surface area contributed by atoms with Gasteiger partial charge in [-0.1, -0.05) is 20.8 Å². The molecule has 0 amide bonds. The number of hydrogen-bond donors (Lipinski definition) is 1. The molecule has 1 aliphatic carbocycles. The minimum absolute atomic E-state index is 0.443. The van der Waals surface area contributed by atoms with E-state index in [1.54, 1.807) is 7.11 Å². The summed E-state index contributed by atoms with van der Waals surface area (Å²) in [6, 6.07) is 8.83. The first-order valence-corrected chi connectivity index (χ1v) is 7.97. The molecule has 0 aromatic heterocycles. The zero-order valence-corrected chi connectivity index (χ0v) is 13.8. The molecule has 1 N–H and O–H groups in total. The minimum Gasteiger partial charge on any atom is -0.491 e. The average Bonchev–Trinajstić information content (AvgIpc) is 2.38. The Hall–Kier alpha value is -1.22. The van der Waals surface area contributed by atoms with Crippen LogP contribution >= 0.6 is 0 Å². The maximum atomic E-state index is 5.59. The van der Waals surface area contributed by atoms with Crippen molar-refractivity contribution in [1.29, 1.82) is 0 Å². The summed E-state index contributed by atoms with van der Waals surface area (Å²) in [6.07, 6.45) is 3.83. The fourth-order valence-electron chi connectivity index (χ4n) is 3.58. The lowest BCUT2D eigenvalue weighted by atomic mass is 9.70. The number of methoxy groups -OCH3 is 1. The number of benzene rings is 1. The van der Waals surface area contributed by atoms with Crippen molar-refractivity contribution in [2.24, 2.45) is 11.3 Å². The fraction of sp³-hybridized carbons (Fsp3) is 0.667. The van der Waals surface area contributed by atoms with Gasteiger partial charge in [-0.25, -0.2) is 0 Å². The first kappa shape index (κ1) is 16.2. The molecule has 1 aromatic carbocycles. The minimum atomic E-state index is 0.443. The lowest BCUT2D eigenvalue weighted by molar-refractivity contribution is 0.146. The Kier molecular flexibility index (Phi) is 5.51. The average molecular weight is 291 g/mol. The van der Waals surface area contributed by atoms with Crippen molar-refractivity contribution in [2.75, 3.05) is 25.6 Å². The molecule has 0 saturated heterocycles. The summed E-state index contributed by atoms with van der Waals surface area (Å²) in [5.41, 5.74) is 1.63. The van der Waals surface area contributed by atoms with Gasteiger partial charge in [0.25, 0.3) is 0 Å². The van der Waals surface area contributed by atoms with E-state index in [1.807, 2.05) is 12.1 Å². The molecule has 2 rings (SSSR count). The molecule has 0 radical (unpaired) electrons. The van der Waals surface area contributed by atoms with Gasteiger partial charge in [-0.15, -0.1) is 0 Å². The van der Waals surface area contributed by atoms with Crippen LogP contribution in [0.5, 0.6) is 5.75 Å². The summed E-state index contributed by atoms with van der Waals surface area (Å²) in [6.45, 7) is 8.34. The summed E-state index contributed by atoms with van der Waals surface area (Å²) in [5, 5.41) is 3.68. The van der Waals surface area contributed by atoms with Gasteiger partial charge in [0, 0.05) is 18.8 Å². The van der Waals surface area contributed by atoms with Gasteiger partial charge in [-0.2, -0.15) is 0 Å². The quantitative estimate of drug-likeness (QED) is 0.791. The smallest absolute Gasteiger partial charge is 0.119 e. The summed E-state index contributed by atoms with van der Waals surface area (Å²) in [7, 11) is 1.68. The summed E-state index contributed by atoms with van der Waals surface area (Å²) in [5.74, 6) is 1.69. The molecule has 1 aromatic rings. The first-order chi connectivity index (χ1) is 9.98. The Balaban J connectivity index is 1.88. The highest BCUT2D eigenvalue weighted by Crippen LogP contribution is 2.39. The Morgan fingerprint density at radius 3 is 2.48 bits per heavy atom. The summed E-state index contributed by atoms with van der Waals surface area (Å²) < 4.78 is 10.6. The van der Waals surface area contributed by atoms with Crippen LogP contribution in [-0.4, -0.2) is 26.4 Å². The Morgan fingerprint density at radius 2 is 1.86 bits per heavy atom. The summed E-state index contributed by atoms with van der Waals surface area (Å²) in [4.78, 5) is 0. The van der Waals surface area contributed by atoms with Crippen LogP contribution < -0.4 is 10.1 Å². The number of ether oxygens (including phenoxy) is 2. The second-order valence-corrected chi connectivity index (χ2v) is 7.12. The molecule has 2 unspecified atom stereocenters. The molecule has 1 fully saturated rings. The second-order valence-electron chi connectivity index (χ2n) is 7.12. The molecule has 0 aliphatic heterocycles. The zero-order valence-electron chi connectivity index (χ0n) is 13.8. The molecule has 3 heteroatoms. The van der Waals surface area contributed by atoms with Crippen LogP contribution in [0.4, 0.5) is 5.69 Å². The van der Waals surface area contributed by atoms with Gasteiger partial charge in [0.05, 0.1) is 6.61 Å². The largest absolute Gasteiger partial charge is 0.491 e. The van der Waals surface area contributed by atoms with Crippen molar-refractivity contribution in [3.8, 4) is 5.75 Å². The van der Waals surface area contributed by atoms with Crippen LogP contribution in [0.2, 0.25) is 0 Å². The molecular weight excluding hydrogens is 262 g/mol. The highest BCUT2D eigenvalue weighted by Gasteiger charge is 2.31. The Bertz CT molecular complexity index is 427. The van der Waals surface area contributed by atoms with Crippen LogP contribution in [0.1, 0.15) is 40.0 Å². The predicted octanol–water partition coefficient (Wildman–Crippen LogP) is 4.34. The SMILES string of the molecule is COCCOc1ccc(NC2CC(C)CC(C)(C)C2)cc1. The lowest BCUT2D eigenvalue weighted by Crippen LogP contribution is -2.35. The topological polar surface area (TPSA) is 30.5 Å². The van der Waals surface area contributed by atoms with Crippen LogP contribution in [0, 0.1) is 11.3 Å². The van der Waals surface area contributed by atoms with E-state index >= 15 is 0 Å². The van der Waals surface area contributed by atoms with Crippen molar-refractivity contribution in [2.45, 2.75) is 46.1 Å². The molecule has 0 spiro atoms. The molecule has 118 valence electrons. The van der Waals surface area contributed by atoms with E-state index in [4.69, 9.17) is 9.47 Å². The standard InChI is InChI=1S/C18H29NO2/c1-14-11-16(13-18(2,3)12-14)19-15-5-7-17(8-6-15)21-10-9-20-4/h5-8,14,16,19H,9-13H2,1-4H3. The van der Waals surface area contributed by atoms with Gasteiger partial charge in [-0.3, -0.25) is 0 Å². The van der Waals surface area contributed by atoms with Crippen LogP contribution in [0.15, 0.2) is 24.3 Å². The lowest BCUT2D eigenvalue weighted by Gasteiger charge is -2.39. The third-order valence-electron chi connectivity index (χ3n) is 4.17. The second kappa shape index (κ2) is 7.17. The normalized spacial score (nSPS) is 24.6. The fourth-order valence-corrected chi connectivity index (χ4v) is 3.58. The molecule has 0 heterocycles. The molecule has 2 atom stereocenters. The van der Waals surface area contributed by atoms with E-state index in [0.717, 1.165) is 11.7 Å². The predicted molar refractivity (Wildman–Crippen MR) is 88.0 cm³/mol. The third kappa shape index (κ3) is 5.24. The maximum Gasteiger partial charge on any atom is 0.119 e. The van der Waals surface area contributed by atoms with Crippen molar-refractivity contribution in [3.05, 3.63) is 24.3 Å². The highest BCUT2D eigenvalue weighted by molar-refractivity contribution is 5.47. The van der Waals surface area contributed by atoms with Gasteiger partial charge in [0.15, 0.2) is 0 Å². The monoisotopic (exact) mass is 291 g/mol. The van der Waals surface area contributed by atoms with Gasteiger partial charge in [0.2, 0.25) is 0 Å². The molecule has 0 bridgehead atoms. The van der Waals surface area contributed by atoms with Crippen LogP contribution in [0.25, 0.3) is 0 Å². The van der Waals surface area contributed by atoms with E-state index in [-0.39, 0.29) is 0 Å². The number of hydrogen-bond acceptors (Lipinski definition) is 3. The molecular formula is C18H29NO2. The van der Waals surface area contributed by atoms with Gasteiger partial charge in [-0.05, 0) is 54.9 Å². The molecule has 1 saturated carbocycles. The zero-order chi connectivity index (χ0) is 15.3. The van der Waals surface area contributed by atoms with Gasteiger partial charge in [0.1, 0.15) is 12.4 Å². The summed E-state index contributed by atoms with van der Waals surface area (Å²) >= 11 is 0. The molecule has 1 aliphatic rings. The highest BCUT2D eigenvalue weighted by atomic mass is 16.5. The third-order valence-corrected chi connectivity index (χ3v) is 4.17. The van der Waals surface area contributed by atoms with Gasteiger partial charge >= 0.3 is 0 Å². The van der Waals surface area contributed by atoms with Crippen LogP contribution in [0.3, 0.4) is 0 Å². The van der Waals surface area contributed by atoms with Crippen LogP contribution in [-0.2, 0) is 4.74 Å². The van der Waals surface area contributed by atoms with E-state index < -0.39 is 0 Å². The molecule has 3 nitrogen and oxygen atoms in total.